The fourth-order valence-electron chi connectivity index (χ4n) is 3.68. The number of ether oxygens (including phenoxy) is 1. The van der Waals surface area contributed by atoms with Gasteiger partial charge in [-0.15, -0.1) is 0 Å². The van der Waals surface area contributed by atoms with Crippen LogP contribution in [0.3, 0.4) is 0 Å². The Hall–Kier alpha value is -4.06. The first-order valence-electron chi connectivity index (χ1n) is 11.2. The van der Waals surface area contributed by atoms with Crippen molar-refractivity contribution < 1.29 is 49.4 Å². The third-order valence-electron chi connectivity index (χ3n) is 5.61. The van der Waals surface area contributed by atoms with Crippen molar-refractivity contribution in [3.8, 4) is 22.8 Å². The Bertz CT molecular complexity index is 1400. The van der Waals surface area contributed by atoms with Gasteiger partial charge in [0.15, 0.2) is 6.10 Å². The fraction of sp³-hybridized carbons (Fsp3) is 0.185. The highest BCUT2D eigenvalue weighted by Gasteiger charge is 2.58. The van der Waals surface area contributed by atoms with Crippen LogP contribution in [0.25, 0.3) is 11.3 Å². The Morgan fingerprint density at radius 2 is 1.36 bits per heavy atom. The summed E-state index contributed by atoms with van der Waals surface area (Å²) in [5, 5.41) is 9.73. The van der Waals surface area contributed by atoms with Gasteiger partial charge >= 0.3 is 18.3 Å². The van der Waals surface area contributed by atoms with E-state index in [-0.39, 0.29) is 11.4 Å². The lowest BCUT2D eigenvalue weighted by molar-refractivity contribution is -0.289. The van der Waals surface area contributed by atoms with Crippen molar-refractivity contribution in [1.29, 1.82) is 0 Å². The monoisotopic (exact) mass is 557 g/mol. The molecular formula is C27H19F8NO3. The van der Waals surface area contributed by atoms with Crippen LogP contribution in [0.4, 0.5) is 46.5 Å². The third kappa shape index (κ3) is 6.33. The third-order valence-corrected chi connectivity index (χ3v) is 5.61. The predicted octanol–water partition coefficient (Wildman–Crippen LogP) is 8.45. The molecule has 4 rings (SSSR count). The number of rotatable bonds is 8. The minimum Gasteiger partial charge on any atom is -0.464 e. The molecule has 4 nitrogen and oxygen atoms in total. The van der Waals surface area contributed by atoms with E-state index in [1.54, 1.807) is 36.4 Å². The molecule has 0 aliphatic rings. The van der Waals surface area contributed by atoms with Crippen LogP contribution in [0, 0.1) is 0 Å². The zero-order valence-corrected chi connectivity index (χ0v) is 19.7. The molecule has 3 aromatic carbocycles. The summed E-state index contributed by atoms with van der Waals surface area (Å²) < 4.78 is 118. The van der Waals surface area contributed by atoms with E-state index >= 15 is 0 Å². The summed E-state index contributed by atoms with van der Waals surface area (Å²) in [6.45, 7) is -1.19. The Morgan fingerprint density at radius 1 is 0.744 bits per heavy atom. The Balaban J connectivity index is 1.70. The number of hydrogen-bond donors (Lipinski definition) is 1. The lowest BCUT2D eigenvalue weighted by atomic mass is 10.1. The first-order chi connectivity index (χ1) is 18.3. The van der Waals surface area contributed by atoms with Crippen molar-refractivity contribution >= 4 is 11.4 Å². The highest BCUT2D eigenvalue weighted by atomic mass is 19.4. The quantitative estimate of drug-likeness (QED) is 0.221. The zero-order valence-electron chi connectivity index (χ0n) is 19.7. The topological polar surface area (TPSA) is 45.8 Å². The van der Waals surface area contributed by atoms with Crippen LogP contribution >= 0.6 is 0 Å². The SMILES string of the molecule is OC(CN(c1cccc(Oc2cccc(-c3ccco3)c2)c1)c1cccc(C(F)(F)C(F)(F)F)c1)C(F)(F)F. The number of aliphatic hydroxyl groups excluding tert-OH is 1. The molecule has 1 atom stereocenters. The van der Waals surface area contributed by atoms with Gasteiger partial charge in [-0.25, -0.2) is 0 Å². The molecule has 206 valence electrons. The standard InChI is InChI=1S/C27H19F8NO3/c28-25(29,27(33,34)35)18-6-2-7-19(14-18)36(16-24(37)26(30,31)32)20-8-3-10-22(15-20)39-21-9-1-5-17(13-21)23-11-4-12-38-23/h1-15,24,37H,16H2. The molecule has 1 aromatic heterocycles. The first-order valence-corrected chi connectivity index (χ1v) is 11.2. The smallest absolute Gasteiger partial charge is 0.458 e. The second-order valence-corrected chi connectivity index (χ2v) is 8.40. The van der Waals surface area contributed by atoms with Crippen molar-refractivity contribution in [2.75, 3.05) is 11.4 Å². The van der Waals surface area contributed by atoms with Crippen molar-refractivity contribution in [2.24, 2.45) is 0 Å². The van der Waals surface area contributed by atoms with Crippen molar-refractivity contribution in [2.45, 2.75) is 24.4 Å². The van der Waals surface area contributed by atoms with Gasteiger partial charge in [-0.1, -0.05) is 30.3 Å². The van der Waals surface area contributed by atoms with Crippen molar-refractivity contribution in [1.82, 2.24) is 0 Å². The average molecular weight is 557 g/mol. The normalized spacial score (nSPS) is 13.3. The maximum absolute atomic E-state index is 14.0. The predicted molar refractivity (Wildman–Crippen MR) is 126 cm³/mol. The van der Waals surface area contributed by atoms with Crippen molar-refractivity contribution in [3.63, 3.8) is 0 Å². The molecule has 1 N–H and O–H groups in total. The molecule has 0 spiro atoms. The average Bonchev–Trinajstić information content (AvgIpc) is 3.41. The largest absolute Gasteiger partial charge is 0.464 e. The van der Waals surface area contributed by atoms with E-state index in [1.165, 1.54) is 30.5 Å². The molecule has 0 bridgehead atoms. The number of benzene rings is 3. The molecule has 0 aliphatic heterocycles. The summed E-state index contributed by atoms with van der Waals surface area (Å²) in [4.78, 5) is 0.778. The molecule has 0 radical (unpaired) electrons. The first kappa shape index (κ1) is 28.0. The molecule has 0 fully saturated rings. The minimum absolute atomic E-state index is 0.0644. The minimum atomic E-state index is -5.93. The highest BCUT2D eigenvalue weighted by Crippen LogP contribution is 2.45. The molecular weight excluding hydrogens is 538 g/mol. The van der Waals surface area contributed by atoms with Crippen molar-refractivity contribution in [3.05, 3.63) is 96.8 Å². The van der Waals surface area contributed by atoms with Crippen LogP contribution in [0.2, 0.25) is 0 Å². The molecule has 0 saturated heterocycles. The maximum Gasteiger partial charge on any atom is 0.458 e. The summed E-state index contributed by atoms with van der Waals surface area (Å²) in [5.74, 6) is -4.26. The van der Waals surface area contributed by atoms with E-state index in [4.69, 9.17) is 9.15 Å². The molecule has 1 unspecified atom stereocenters. The second kappa shape index (κ2) is 10.6. The number of aliphatic hydroxyl groups is 1. The number of anilines is 2. The Labute approximate surface area is 216 Å². The number of hydrogen-bond acceptors (Lipinski definition) is 4. The summed E-state index contributed by atoms with van der Waals surface area (Å²) in [7, 11) is 0. The van der Waals surface area contributed by atoms with Crippen LogP contribution in [0.5, 0.6) is 11.5 Å². The lowest BCUT2D eigenvalue weighted by Gasteiger charge is -2.30. The van der Waals surface area contributed by atoms with Gasteiger partial charge in [-0.3, -0.25) is 0 Å². The molecule has 0 saturated carbocycles. The van der Waals surface area contributed by atoms with Crippen LogP contribution < -0.4 is 9.64 Å². The van der Waals surface area contributed by atoms with Gasteiger partial charge in [-0.05, 0) is 48.5 Å². The number of furan rings is 1. The van der Waals surface area contributed by atoms with Gasteiger partial charge in [0.1, 0.15) is 17.3 Å². The summed E-state index contributed by atoms with van der Waals surface area (Å²) in [6, 6.07) is 18.4. The van der Waals surface area contributed by atoms with Crippen LogP contribution in [0.1, 0.15) is 5.56 Å². The van der Waals surface area contributed by atoms with Gasteiger partial charge in [0.25, 0.3) is 0 Å². The van der Waals surface area contributed by atoms with E-state index in [2.05, 4.69) is 0 Å². The Morgan fingerprint density at radius 3 is 1.97 bits per heavy atom. The second-order valence-electron chi connectivity index (χ2n) is 8.40. The highest BCUT2D eigenvalue weighted by molar-refractivity contribution is 5.66. The maximum atomic E-state index is 14.0. The number of alkyl halides is 8. The zero-order chi connectivity index (χ0) is 28.4. The molecule has 4 aromatic rings. The fourth-order valence-corrected chi connectivity index (χ4v) is 3.68. The van der Waals surface area contributed by atoms with Gasteiger partial charge in [0, 0.05) is 28.6 Å². The molecule has 39 heavy (non-hydrogen) atoms. The molecule has 0 aliphatic carbocycles. The number of nitrogens with zero attached hydrogens (tertiary/aromatic N) is 1. The van der Waals surface area contributed by atoms with Crippen LogP contribution in [-0.2, 0) is 5.92 Å². The molecule has 12 heteroatoms. The summed E-state index contributed by atoms with van der Waals surface area (Å²) in [5.41, 5.74) is -1.30. The Kier molecular flexibility index (Phi) is 7.60. The van der Waals surface area contributed by atoms with Crippen LogP contribution in [0.15, 0.2) is 95.6 Å². The van der Waals surface area contributed by atoms with Gasteiger partial charge < -0.3 is 19.2 Å². The van der Waals surface area contributed by atoms with Gasteiger partial charge in [-0.2, -0.15) is 35.1 Å². The van der Waals surface area contributed by atoms with E-state index in [0.717, 1.165) is 17.0 Å². The van der Waals surface area contributed by atoms with Gasteiger partial charge in [0.05, 0.1) is 12.8 Å². The lowest BCUT2D eigenvalue weighted by Crippen LogP contribution is -2.39. The number of halogens is 8. The van der Waals surface area contributed by atoms with E-state index in [9.17, 15) is 40.2 Å². The van der Waals surface area contributed by atoms with Crippen LogP contribution in [-0.4, -0.2) is 30.1 Å². The van der Waals surface area contributed by atoms with E-state index < -0.39 is 42.2 Å². The van der Waals surface area contributed by atoms with Gasteiger partial charge in [0.2, 0.25) is 0 Å². The summed E-state index contributed by atoms with van der Waals surface area (Å²) >= 11 is 0. The molecule has 0 amide bonds. The van der Waals surface area contributed by atoms with E-state index in [0.29, 0.717) is 29.2 Å². The summed E-state index contributed by atoms with van der Waals surface area (Å²) in [6.07, 6.45) is -12.5. The van der Waals surface area contributed by atoms with E-state index in [1.807, 2.05) is 0 Å². The molecule has 1 heterocycles.